The lowest BCUT2D eigenvalue weighted by Crippen LogP contribution is -2.14. The molecule has 0 saturated heterocycles. The summed E-state index contributed by atoms with van der Waals surface area (Å²) in [6, 6.07) is 2.07. The molecule has 1 N–H and O–H groups in total. The Kier molecular flexibility index (Phi) is 3.38. The number of aryl methyl sites for hydroxylation is 1. The van der Waals surface area contributed by atoms with Crippen LogP contribution in [-0.2, 0) is 0 Å². The normalized spacial score (nSPS) is 30.1. The van der Waals surface area contributed by atoms with Gasteiger partial charge in [0.2, 0.25) is 0 Å². The maximum atomic E-state index is 10.8. The Hall–Kier alpha value is -0.540. The highest BCUT2D eigenvalue weighted by atomic mass is 79.9. The van der Waals surface area contributed by atoms with Gasteiger partial charge < -0.3 is 9.84 Å². The maximum absolute atomic E-state index is 10.8. The van der Waals surface area contributed by atoms with Gasteiger partial charge in [-0.3, -0.25) is 0 Å². The van der Waals surface area contributed by atoms with Crippen LogP contribution in [-0.4, -0.2) is 12.2 Å². The van der Waals surface area contributed by atoms with Crippen LogP contribution in [0.4, 0.5) is 0 Å². The zero-order valence-electron chi connectivity index (χ0n) is 11.7. The topological polar surface area (TPSA) is 29.5 Å². The number of hydrogen-bond acceptors (Lipinski definition) is 2. The van der Waals surface area contributed by atoms with Gasteiger partial charge in [0.05, 0.1) is 13.2 Å². The van der Waals surface area contributed by atoms with Gasteiger partial charge in [-0.1, -0.05) is 15.9 Å². The van der Waals surface area contributed by atoms with Gasteiger partial charge in [0.25, 0.3) is 0 Å². The summed E-state index contributed by atoms with van der Waals surface area (Å²) in [6.45, 7) is 4.09. The Morgan fingerprint density at radius 2 is 1.89 bits per heavy atom. The minimum atomic E-state index is -0.390. The lowest BCUT2D eigenvalue weighted by Gasteiger charge is -2.25. The summed E-state index contributed by atoms with van der Waals surface area (Å²) in [4.78, 5) is 0. The molecule has 3 unspecified atom stereocenters. The highest BCUT2D eigenvalue weighted by Gasteiger charge is 2.48. The molecule has 3 heteroatoms. The van der Waals surface area contributed by atoms with Gasteiger partial charge in [0.1, 0.15) is 5.75 Å². The molecule has 0 bridgehead atoms. The summed E-state index contributed by atoms with van der Waals surface area (Å²) in [5.41, 5.74) is 3.17. The van der Waals surface area contributed by atoms with Gasteiger partial charge >= 0.3 is 0 Å². The maximum Gasteiger partial charge on any atom is 0.127 e. The zero-order valence-corrected chi connectivity index (χ0v) is 13.3. The third-order valence-corrected chi connectivity index (χ3v) is 5.76. The number of halogens is 1. The fourth-order valence-electron chi connectivity index (χ4n) is 3.76. The van der Waals surface area contributed by atoms with Gasteiger partial charge in [0.15, 0.2) is 0 Å². The first kappa shape index (κ1) is 13.4. The van der Waals surface area contributed by atoms with Gasteiger partial charge in [-0.05, 0) is 68.1 Å². The van der Waals surface area contributed by atoms with Crippen molar-refractivity contribution in [2.24, 2.45) is 17.8 Å². The standard InChI is InChI=1S/C16H21BrO2/c1-8-4-13(17)9(2)14(16(8)19-3)15(18)12-6-10-5-11(10)7-12/h4,10-12,15,18H,5-7H2,1-3H3. The van der Waals surface area contributed by atoms with E-state index in [0.717, 1.165) is 38.7 Å². The van der Waals surface area contributed by atoms with Crippen LogP contribution in [0.3, 0.4) is 0 Å². The minimum Gasteiger partial charge on any atom is -0.496 e. The first-order valence-electron chi connectivity index (χ1n) is 7.04. The van der Waals surface area contributed by atoms with Crippen LogP contribution in [0.5, 0.6) is 5.75 Å². The van der Waals surface area contributed by atoms with Gasteiger partial charge in [-0.25, -0.2) is 0 Å². The molecule has 2 nitrogen and oxygen atoms in total. The van der Waals surface area contributed by atoms with E-state index >= 15 is 0 Å². The highest BCUT2D eigenvalue weighted by Crippen LogP contribution is 2.58. The molecule has 1 aromatic carbocycles. The smallest absolute Gasteiger partial charge is 0.127 e. The summed E-state index contributed by atoms with van der Waals surface area (Å²) >= 11 is 3.59. The van der Waals surface area contributed by atoms with E-state index in [9.17, 15) is 5.11 Å². The largest absolute Gasteiger partial charge is 0.496 e. The van der Waals surface area contributed by atoms with Crippen LogP contribution in [0, 0.1) is 31.6 Å². The van der Waals surface area contributed by atoms with Crippen molar-refractivity contribution in [3.8, 4) is 5.75 Å². The second-order valence-electron chi connectivity index (χ2n) is 6.18. The molecular weight excluding hydrogens is 304 g/mol. The van der Waals surface area contributed by atoms with Gasteiger partial charge in [-0.2, -0.15) is 0 Å². The molecule has 0 amide bonds. The lowest BCUT2D eigenvalue weighted by atomic mass is 9.88. The molecule has 2 fully saturated rings. The van der Waals surface area contributed by atoms with Crippen LogP contribution in [0.25, 0.3) is 0 Å². The van der Waals surface area contributed by atoms with E-state index in [2.05, 4.69) is 28.9 Å². The monoisotopic (exact) mass is 324 g/mol. The highest BCUT2D eigenvalue weighted by molar-refractivity contribution is 9.10. The molecule has 0 aliphatic heterocycles. The number of ether oxygens (including phenoxy) is 1. The van der Waals surface area contributed by atoms with Crippen molar-refractivity contribution in [1.29, 1.82) is 0 Å². The Balaban J connectivity index is 1.98. The number of fused-ring (bicyclic) bond motifs is 1. The quantitative estimate of drug-likeness (QED) is 0.904. The summed E-state index contributed by atoms with van der Waals surface area (Å²) in [5.74, 6) is 3.04. The van der Waals surface area contributed by atoms with E-state index in [-0.39, 0.29) is 6.10 Å². The minimum absolute atomic E-state index is 0.390. The van der Waals surface area contributed by atoms with Crippen molar-refractivity contribution < 1.29 is 9.84 Å². The van der Waals surface area contributed by atoms with Crippen molar-refractivity contribution >= 4 is 15.9 Å². The average Bonchev–Trinajstić information content (AvgIpc) is 2.99. The van der Waals surface area contributed by atoms with Crippen molar-refractivity contribution in [3.05, 3.63) is 27.2 Å². The van der Waals surface area contributed by atoms with Crippen molar-refractivity contribution in [2.45, 2.75) is 39.2 Å². The second kappa shape index (κ2) is 4.78. The van der Waals surface area contributed by atoms with E-state index < -0.39 is 0 Å². The molecule has 19 heavy (non-hydrogen) atoms. The molecular formula is C16H21BrO2. The van der Waals surface area contributed by atoms with Crippen molar-refractivity contribution in [2.75, 3.05) is 7.11 Å². The summed E-state index contributed by atoms with van der Waals surface area (Å²) < 4.78 is 6.61. The van der Waals surface area contributed by atoms with E-state index in [1.807, 2.05) is 6.92 Å². The molecule has 3 atom stereocenters. The van der Waals surface area contributed by atoms with Crippen LogP contribution in [0.1, 0.15) is 42.1 Å². The summed E-state index contributed by atoms with van der Waals surface area (Å²) in [7, 11) is 1.69. The first-order valence-corrected chi connectivity index (χ1v) is 7.83. The molecule has 2 aliphatic rings. The van der Waals surface area contributed by atoms with E-state index in [1.54, 1.807) is 7.11 Å². The van der Waals surface area contributed by atoms with Gasteiger partial charge in [-0.15, -0.1) is 0 Å². The zero-order chi connectivity index (χ0) is 13.7. The first-order chi connectivity index (χ1) is 9.02. The van der Waals surface area contributed by atoms with Gasteiger partial charge in [0, 0.05) is 10.0 Å². The lowest BCUT2D eigenvalue weighted by molar-refractivity contribution is 0.101. The number of aliphatic hydroxyl groups excluding tert-OH is 1. The number of benzene rings is 1. The Morgan fingerprint density at radius 1 is 1.26 bits per heavy atom. The molecule has 104 valence electrons. The fourth-order valence-corrected chi connectivity index (χ4v) is 4.31. The SMILES string of the molecule is COc1c(C)cc(Br)c(C)c1C(O)C1CC2CC2C1. The third-order valence-electron chi connectivity index (χ3n) is 4.93. The molecule has 0 spiro atoms. The summed E-state index contributed by atoms with van der Waals surface area (Å²) in [5, 5.41) is 10.8. The number of rotatable bonds is 3. The Morgan fingerprint density at radius 3 is 2.47 bits per heavy atom. The van der Waals surface area contributed by atoms with Crippen molar-refractivity contribution in [1.82, 2.24) is 0 Å². The molecule has 1 aromatic rings. The number of aliphatic hydroxyl groups is 1. The molecule has 2 aliphatic carbocycles. The Bertz CT molecular complexity index is 502. The van der Waals surface area contributed by atoms with Crippen LogP contribution < -0.4 is 4.74 Å². The predicted octanol–water partition coefficient (Wildman–Crippen LogP) is 4.15. The number of methoxy groups -OCH3 is 1. The van der Waals surface area contributed by atoms with E-state index in [0.29, 0.717) is 5.92 Å². The van der Waals surface area contributed by atoms with Crippen molar-refractivity contribution in [3.63, 3.8) is 0 Å². The molecule has 0 heterocycles. The Labute approximate surface area is 123 Å². The average molecular weight is 325 g/mol. The number of hydrogen-bond donors (Lipinski definition) is 1. The van der Waals surface area contributed by atoms with E-state index in [1.165, 1.54) is 19.3 Å². The molecule has 0 radical (unpaired) electrons. The molecule has 3 rings (SSSR count). The molecule has 2 saturated carbocycles. The second-order valence-corrected chi connectivity index (χ2v) is 7.03. The third kappa shape index (κ3) is 2.21. The summed E-state index contributed by atoms with van der Waals surface area (Å²) in [6.07, 6.45) is 3.36. The molecule has 0 aromatic heterocycles. The van der Waals surface area contributed by atoms with Crippen LogP contribution in [0.15, 0.2) is 10.5 Å². The predicted molar refractivity (Wildman–Crippen MR) is 79.4 cm³/mol. The fraction of sp³-hybridized carbons (Fsp3) is 0.625. The van der Waals surface area contributed by atoms with Crippen LogP contribution in [0.2, 0.25) is 0 Å². The van der Waals surface area contributed by atoms with Crippen LogP contribution >= 0.6 is 15.9 Å². The van der Waals surface area contributed by atoms with E-state index in [4.69, 9.17) is 4.74 Å².